The van der Waals surface area contributed by atoms with Crippen LogP contribution in [0.15, 0.2) is 45.3 Å². The van der Waals surface area contributed by atoms with Crippen LogP contribution in [0, 0.1) is 11.6 Å². The van der Waals surface area contributed by atoms with Gasteiger partial charge in [0, 0.05) is 10.5 Å². The Bertz CT molecular complexity index is 757. The topological polar surface area (TPSA) is 38.1 Å². The van der Waals surface area contributed by atoms with E-state index in [0.29, 0.717) is 15.6 Å². The van der Waals surface area contributed by atoms with Crippen molar-refractivity contribution in [2.45, 2.75) is 0 Å². The van der Waals surface area contributed by atoms with Gasteiger partial charge in [0.25, 0.3) is 6.01 Å². The Morgan fingerprint density at radius 3 is 2.74 bits per heavy atom. The zero-order chi connectivity index (χ0) is 13.4. The molecule has 0 aliphatic heterocycles. The van der Waals surface area contributed by atoms with Gasteiger partial charge in [0.05, 0.1) is 5.69 Å². The number of fused-ring (bicyclic) bond motifs is 1. The highest BCUT2D eigenvalue weighted by Gasteiger charge is 2.09. The molecule has 1 N–H and O–H groups in total. The Morgan fingerprint density at radius 2 is 1.95 bits per heavy atom. The summed E-state index contributed by atoms with van der Waals surface area (Å²) in [5.74, 6) is -0.843. The van der Waals surface area contributed by atoms with E-state index in [1.54, 1.807) is 12.1 Å². The number of anilines is 2. The second-order valence-corrected chi connectivity index (χ2v) is 4.80. The van der Waals surface area contributed by atoms with E-state index in [0.717, 1.165) is 0 Å². The first-order valence-corrected chi connectivity index (χ1v) is 6.19. The molecule has 0 amide bonds. The van der Waals surface area contributed by atoms with Gasteiger partial charge in [0.1, 0.15) is 17.2 Å². The van der Waals surface area contributed by atoms with Crippen LogP contribution in [0.1, 0.15) is 0 Å². The summed E-state index contributed by atoms with van der Waals surface area (Å²) in [4.78, 5) is 4.04. The van der Waals surface area contributed by atoms with E-state index in [1.807, 2.05) is 0 Å². The first-order valence-electron chi connectivity index (χ1n) is 5.40. The number of nitrogens with one attached hydrogen (secondary N) is 1. The summed E-state index contributed by atoms with van der Waals surface area (Å²) in [5.41, 5.74) is 1.04. The monoisotopic (exact) mass is 324 g/mol. The molecule has 0 saturated heterocycles. The average molecular weight is 325 g/mol. The van der Waals surface area contributed by atoms with Gasteiger partial charge >= 0.3 is 0 Å². The maximum absolute atomic E-state index is 13.6. The van der Waals surface area contributed by atoms with E-state index < -0.39 is 11.6 Å². The fourth-order valence-corrected chi connectivity index (χ4v) is 1.99. The molecule has 1 heterocycles. The van der Waals surface area contributed by atoms with Crippen molar-refractivity contribution in [1.82, 2.24) is 4.98 Å². The lowest BCUT2D eigenvalue weighted by Crippen LogP contribution is -1.93. The molecule has 0 bridgehead atoms. The number of hydrogen-bond donors (Lipinski definition) is 1. The fourth-order valence-electron chi connectivity index (χ4n) is 1.66. The predicted octanol–water partition coefficient (Wildman–Crippen LogP) is 4.61. The molecule has 3 nitrogen and oxygen atoms in total. The third-order valence-corrected chi connectivity index (χ3v) is 3.02. The molecule has 0 aliphatic rings. The summed E-state index contributed by atoms with van der Waals surface area (Å²) in [5, 5.41) is 2.71. The fraction of sp³-hybridized carbons (Fsp3) is 0. The second kappa shape index (κ2) is 4.62. The molecule has 1 aromatic heterocycles. The minimum atomic E-state index is -0.442. The number of hydrogen-bond acceptors (Lipinski definition) is 3. The number of halogens is 3. The maximum Gasteiger partial charge on any atom is 0.300 e. The van der Waals surface area contributed by atoms with Crippen LogP contribution in [0.25, 0.3) is 11.1 Å². The number of aromatic nitrogens is 1. The SMILES string of the molecule is Fc1ccc2oc(Nc3ccc(Br)cc3F)nc2c1. The molecule has 0 saturated carbocycles. The van der Waals surface area contributed by atoms with Crippen molar-refractivity contribution < 1.29 is 13.2 Å². The van der Waals surface area contributed by atoms with Crippen molar-refractivity contribution in [3.63, 3.8) is 0 Å². The Hall–Kier alpha value is -1.95. The predicted molar refractivity (Wildman–Crippen MR) is 71.3 cm³/mol. The Kier molecular flexibility index (Phi) is 2.94. The van der Waals surface area contributed by atoms with Crippen LogP contribution >= 0.6 is 15.9 Å². The van der Waals surface area contributed by atoms with E-state index in [1.165, 1.54) is 24.3 Å². The number of benzene rings is 2. The normalized spacial score (nSPS) is 10.9. The van der Waals surface area contributed by atoms with Crippen LogP contribution in [-0.4, -0.2) is 4.98 Å². The summed E-state index contributed by atoms with van der Waals surface area (Å²) < 4.78 is 32.6. The highest BCUT2D eigenvalue weighted by atomic mass is 79.9. The molecule has 0 atom stereocenters. The van der Waals surface area contributed by atoms with Crippen LogP contribution < -0.4 is 5.32 Å². The van der Waals surface area contributed by atoms with E-state index in [2.05, 4.69) is 26.2 Å². The highest BCUT2D eigenvalue weighted by Crippen LogP contribution is 2.25. The van der Waals surface area contributed by atoms with Crippen molar-refractivity contribution >= 4 is 38.7 Å². The molecule has 0 aliphatic carbocycles. The standard InChI is InChI=1S/C13H7BrF2N2O/c14-7-1-3-10(9(16)5-7)17-13-18-11-6-8(15)2-4-12(11)19-13/h1-6H,(H,17,18). The summed E-state index contributed by atoms with van der Waals surface area (Å²) in [6, 6.07) is 8.68. The summed E-state index contributed by atoms with van der Waals surface area (Å²) in [6.45, 7) is 0. The van der Waals surface area contributed by atoms with E-state index in [4.69, 9.17) is 4.42 Å². The Balaban J connectivity index is 1.96. The Labute approximate surface area is 115 Å². The van der Waals surface area contributed by atoms with Gasteiger partial charge in [-0.2, -0.15) is 4.98 Å². The molecule has 0 unspecified atom stereocenters. The molecule has 0 fully saturated rings. The molecule has 96 valence electrons. The van der Waals surface area contributed by atoms with Crippen molar-refractivity contribution in [3.05, 3.63) is 52.5 Å². The molecular formula is C13H7BrF2N2O. The van der Waals surface area contributed by atoms with Crippen molar-refractivity contribution in [2.24, 2.45) is 0 Å². The van der Waals surface area contributed by atoms with Gasteiger partial charge in [-0.1, -0.05) is 15.9 Å². The van der Waals surface area contributed by atoms with Crippen molar-refractivity contribution in [2.75, 3.05) is 5.32 Å². The van der Waals surface area contributed by atoms with E-state index in [9.17, 15) is 8.78 Å². The van der Waals surface area contributed by atoms with Gasteiger partial charge in [0.2, 0.25) is 0 Å². The van der Waals surface area contributed by atoms with Crippen LogP contribution in [0.5, 0.6) is 0 Å². The van der Waals surface area contributed by atoms with Gasteiger partial charge in [-0.25, -0.2) is 8.78 Å². The third kappa shape index (κ3) is 2.44. The Morgan fingerprint density at radius 1 is 1.11 bits per heavy atom. The maximum atomic E-state index is 13.6. The number of nitrogens with zero attached hydrogens (tertiary/aromatic N) is 1. The van der Waals surface area contributed by atoms with Crippen LogP contribution in [0.2, 0.25) is 0 Å². The zero-order valence-electron chi connectivity index (χ0n) is 9.45. The van der Waals surface area contributed by atoms with Crippen molar-refractivity contribution in [1.29, 1.82) is 0 Å². The van der Waals surface area contributed by atoms with Crippen LogP contribution in [0.3, 0.4) is 0 Å². The van der Waals surface area contributed by atoms with E-state index in [-0.39, 0.29) is 11.7 Å². The lowest BCUT2D eigenvalue weighted by Gasteiger charge is -2.02. The molecule has 2 aromatic carbocycles. The molecular weight excluding hydrogens is 318 g/mol. The second-order valence-electron chi connectivity index (χ2n) is 3.88. The molecule has 3 rings (SSSR count). The molecule has 0 radical (unpaired) electrons. The van der Waals surface area contributed by atoms with Crippen molar-refractivity contribution in [3.8, 4) is 0 Å². The number of rotatable bonds is 2. The van der Waals surface area contributed by atoms with Gasteiger partial charge in [-0.3, -0.25) is 0 Å². The molecule has 19 heavy (non-hydrogen) atoms. The largest absolute Gasteiger partial charge is 0.423 e. The smallest absolute Gasteiger partial charge is 0.300 e. The summed E-state index contributed by atoms with van der Waals surface area (Å²) in [6.07, 6.45) is 0. The first-order chi connectivity index (χ1) is 9.11. The highest BCUT2D eigenvalue weighted by molar-refractivity contribution is 9.10. The lowest BCUT2D eigenvalue weighted by atomic mass is 10.3. The lowest BCUT2D eigenvalue weighted by molar-refractivity contribution is 0.609. The van der Waals surface area contributed by atoms with E-state index >= 15 is 0 Å². The number of oxazole rings is 1. The van der Waals surface area contributed by atoms with Crippen LogP contribution in [0.4, 0.5) is 20.5 Å². The third-order valence-electron chi connectivity index (χ3n) is 2.52. The minimum Gasteiger partial charge on any atom is -0.423 e. The summed E-state index contributed by atoms with van der Waals surface area (Å²) in [7, 11) is 0. The first kappa shape index (κ1) is 12.1. The zero-order valence-corrected chi connectivity index (χ0v) is 11.0. The molecule has 3 aromatic rings. The molecule has 6 heteroatoms. The average Bonchev–Trinajstić information content (AvgIpc) is 2.74. The van der Waals surface area contributed by atoms with Gasteiger partial charge < -0.3 is 9.73 Å². The minimum absolute atomic E-state index is 0.113. The van der Waals surface area contributed by atoms with Gasteiger partial charge in [-0.15, -0.1) is 0 Å². The van der Waals surface area contributed by atoms with Gasteiger partial charge in [-0.05, 0) is 30.3 Å². The van der Waals surface area contributed by atoms with Crippen LogP contribution in [-0.2, 0) is 0 Å². The quantitative estimate of drug-likeness (QED) is 0.747. The summed E-state index contributed by atoms with van der Waals surface area (Å²) >= 11 is 3.17. The molecule has 0 spiro atoms. The van der Waals surface area contributed by atoms with Gasteiger partial charge in [0.15, 0.2) is 5.58 Å².